The maximum atomic E-state index is 11.3. The van der Waals surface area contributed by atoms with Crippen LogP contribution in [0.3, 0.4) is 0 Å². The van der Waals surface area contributed by atoms with Gasteiger partial charge in [0, 0.05) is 11.6 Å². The lowest BCUT2D eigenvalue weighted by atomic mass is 10.2. The molecule has 4 heteroatoms. The van der Waals surface area contributed by atoms with Crippen molar-refractivity contribution in [2.45, 2.75) is 20.3 Å². The van der Waals surface area contributed by atoms with E-state index in [1.807, 2.05) is 37.3 Å². The molecule has 0 heterocycles. The summed E-state index contributed by atoms with van der Waals surface area (Å²) in [5.74, 6) is -1.40. The number of rotatable bonds is 4. The summed E-state index contributed by atoms with van der Waals surface area (Å²) in [4.78, 5) is 31.4. The predicted octanol–water partition coefficient (Wildman–Crippen LogP) is 3.06. The SMILES string of the molecule is CCC=C(C)C(=O)OOC(=O)C=Cc1ccccc1. The van der Waals surface area contributed by atoms with Crippen molar-refractivity contribution in [1.82, 2.24) is 0 Å². The summed E-state index contributed by atoms with van der Waals surface area (Å²) in [6.45, 7) is 3.49. The van der Waals surface area contributed by atoms with E-state index in [0.717, 1.165) is 5.56 Å². The van der Waals surface area contributed by atoms with Crippen LogP contribution in [-0.4, -0.2) is 11.9 Å². The van der Waals surface area contributed by atoms with E-state index in [9.17, 15) is 9.59 Å². The van der Waals surface area contributed by atoms with Gasteiger partial charge in [0.1, 0.15) is 0 Å². The third-order valence-corrected chi connectivity index (χ3v) is 2.24. The Bertz CT molecular complexity index is 486. The maximum Gasteiger partial charge on any atom is 0.381 e. The average molecular weight is 260 g/mol. The van der Waals surface area contributed by atoms with Crippen LogP contribution in [0.25, 0.3) is 6.08 Å². The quantitative estimate of drug-likeness (QED) is 0.474. The summed E-state index contributed by atoms with van der Waals surface area (Å²) in [5.41, 5.74) is 1.26. The zero-order valence-corrected chi connectivity index (χ0v) is 11.0. The molecule has 0 radical (unpaired) electrons. The van der Waals surface area contributed by atoms with E-state index in [4.69, 9.17) is 0 Å². The monoisotopic (exact) mass is 260 g/mol. The van der Waals surface area contributed by atoms with Crippen LogP contribution in [0.15, 0.2) is 48.1 Å². The Morgan fingerprint density at radius 3 is 2.47 bits per heavy atom. The van der Waals surface area contributed by atoms with Gasteiger partial charge in [-0.2, -0.15) is 0 Å². The Hall–Kier alpha value is -2.36. The Morgan fingerprint density at radius 1 is 1.16 bits per heavy atom. The van der Waals surface area contributed by atoms with Crippen LogP contribution in [0.2, 0.25) is 0 Å². The third-order valence-electron chi connectivity index (χ3n) is 2.24. The molecule has 1 aromatic carbocycles. The number of hydrogen-bond donors (Lipinski definition) is 0. The molecule has 1 rings (SSSR count). The number of carbonyl (C=O) groups excluding carboxylic acids is 2. The van der Waals surface area contributed by atoms with Gasteiger partial charge in [0.2, 0.25) is 0 Å². The number of hydrogen-bond acceptors (Lipinski definition) is 4. The summed E-state index contributed by atoms with van der Waals surface area (Å²) in [5, 5.41) is 0. The molecule has 100 valence electrons. The maximum absolute atomic E-state index is 11.3. The first-order valence-corrected chi connectivity index (χ1v) is 5.96. The van der Waals surface area contributed by atoms with E-state index in [-0.39, 0.29) is 0 Å². The standard InChI is InChI=1S/C15H16O4/c1-3-7-12(2)15(17)19-18-14(16)11-10-13-8-5-4-6-9-13/h4-11H,3H2,1-2H3. The van der Waals surface area contributed by atoms with Crippen LogP contribution in [0.4, 0.5) is 0 Å². The molecular weight excluding hydrogens is 244 g/mol. The average Bonchev–Trinajstić information content (AvgIpc) is 2.43. The summed E-state index contributed by atoms with van der Waals surface area (Å²) in [6.07, 6.45) is 5.17. The van der Waals surface area contributed by atoms with Gasteiger partial charge < -0.3 is 0 Å². The van der Waals surface area contributed by atoms with Gasteiger partial charge in [0.15, 0.2) is 0 Å². The van der Waals surface area contributed by atoms with Gasteiger partial charge in [-0.25, -0.2) is 19.4 Å². The second-order valence-corrected chi connectivity index (χ2v) is 3.81. The van der Waals surface area contributed by atoms with Gasteiger partial charge in [-0.05, 0) is 25.0 Å². The van der Waals surface area contributed by atoms with E-state index in [1.54, 1.807) is 19.1 Å². The number of allylic oxidation sites excluding steroid dienone is 1. The second kappa shape index (κ2) is 7.87. The smallest absolute Gasteiger partial charge is 0.242 e. The molecule has 0 aliphatic heterocycles. The van der Waals surface area contributed by atoms with Crippen molar-refractivity contribution in [2.24, 2.45) is 0 Å². The molecule has 0 N–H and O–H groups in total. The third kappa shape index (κ3) is 5.68. The molecule has 0 amide bonds. The Morgan fingerprint density at radius 2 is 1.84 bits per heavy atom. The summed E-state index contributed by atoms with van der Waals surface area (Å²) < 4.78 is 0. The molecule has 1 aromatic rings. The minimum atomic E-state index is -0.735. The van der Waals surface area contributed by atoms with Crippen molar-refractivity contribution in [2.75, 3.05) is 0 Å². The molecule has 0 saturated heterocycles. The minimum Gasteiger partial charge on any atom is -0.242 e. The lowest BCUT2D eigenvalue weighted by Gasteiger charge is -2.00. The fourth-order valence-electron chi connectivity index (χ4n) is 1.29. The molecule has 0 spiro atoms. The van der Waals surface area contributed by atoms with Gasteiger partial charge >= 0.3 is 11.9 Å². The first-order chi connectivity index (χ1) is 9.13. The normalized spacial score (nSPS) is 11.4. The van der Waals surface area contributed by atoms with E-state index in [0.29, 0.717) is 12.0 Å². The van der Waals surface area contributed by atoms with Crippen molar-refractivity contribution >= 4 is 18.0 Å². The molecule has 4 nitrogen and oxygen atoms in total. The summed E-state index contributed by atoms with van der Waals surface area (Å²) in [7, 11) is 0. The van der Waals surface area contributed by atoms with E-state index in [1.165, 1.54) is 6.08 Å². The van der Waals surface area contributed by atoms with Crippen molar-refractivity contribution in [1.29, 1.82) is 0 Å². The summed E-state index contributed by atoms with van der Waals surface area (Å²) >= 11 is 0. The lowest BCUT2D eigenvalue weighted by Crippen LogP contribution is -2.10. The van der Waals surface area contributed by atoms with Gasteiger partial charge in [0.25, 0.3) is 0 Å². The van der Waals surface area contributed by atoms with Gasteiger partial charge in [-0.1, -0.05) is 43.3 Å². The van der Waals surface area contributed by atoms with E-state index >= 15 is 0 Å². The second-order valence-electron chi connectivity index (χ2n) is 3.81. The molecule has 0 aliphatic rings. The molecule has 0 fully saturated rings. The fourth-order valence-corrected chi connectivity index (χ4v) is 1.29. The van der Waals surface area contributed by atoms with Crippen LogP contribution in [0, 0.1) is 0 Å². The molecule has 0 atom stereocenters. The van der Waals surface area contributed by atoms with Crippen molar-refractivity contribution < 1.29 is 19.4 Å². The molecular formula is C15H16O4. The van der Waals surface area contributed by atoms with Crippen molar-refractivity contribution in [3.8, 4) is 0 Å². The van der Waals surface area contributed by atoms with Crippen molar-refractivity contribution in [3.05, 3.63) is 53.6 Å². The molecule has 0 saturated carbocycles. The van der Waals surface area contributed by atoms with Gasteiger partial charge in [0.05, 0.1) is 0 Å². The van der Waals surface area contributed by atoms with Crippen molar-refractivity contribution in [3.63, 3.8) is 0 Å². The van der Waals surface area contributed by atoms with Gasteiger partial charge in [-0.15, -0.1) is 0 Å². The van der Waals surface area contributed by atoms with Crippen LogP contribution >= 0.6 is 0 Å². The Balaban J connectivity index is 2.42. The Kier molecular flexibility index (Phi) is 6.09. The largest absolute Gasteiger partial charge is 0.381 e. The van der Waals surface area contributed by atoms with Crippen LogP contribution in [0.1, 0.15) is 25.8 Å². The first kappa shape index (κ1) is 14.7. The number of carbonyl (C=O) groups is 2. The van der Waals surface area contributed by atoms with E-state index in [2.05, 4.69) is 9.78 Å². The molecule has 19 heavy (non-hydrogen) atoms. The zero-order chi connectivity index (χ0) is 14.1. The molecule has 0 aromatic heterocycles. The lowest BCUT2D eigenvalue weighted by molar-refractivity contribution is -0.251. The fraction of sp³-hybridized carbons (Fsp3) is 0.200. The number of benzene rings is 1. The molecule has 0 bridgehead atoms. The molecule has 0 unspecified atom stereocenters. The van der Waals surface area contributed by atoms with Gasteiger partial charge in [-0.3, -0.25) is 0 Å². The first-order valence-electron chi connectivity index (χ1n) is 5.96. The highest BCUT2D eigenvalue weighted by Crippen LogP contribution is 2.02. The zero-order valence-electron chi connectivity index (χ0n) is 11.0. The minimum absolute atomic E-state index is 0.405. The van der Waals surface area contributed by atoms with Crippen LogP contribution < -0.4 is 0 Å². The highest BCUT2D eigenvalue weighted by atomic mass is 17.2. The molecule has 0 aliphatic carbocycles. The highest BCUT2D eigenvalue weighted by Gasteiger charge is 2.08. The predicted molar refractivity (Wildman–Crippen MR) is 71.7 cm³/mol. The van der Waals surface area contributed by atoms with E-state index < -0.39 is 11.9 Å². The Labute approximate surface area is 112 Å². The van der Waals surface area contributed by atoms with Crippen LogP contribution in [-0.2, 0) is 19.4 Å². The summed E-state index contributed by atoms with van der Waals surface area (Å²) in [6, 6.07) is 9.25. The van der Waals surface area contributed by atoms with Crippen LogP contribution in [0.5, 0.6) is 0 Å². The highest BCUT2D eigenvalue weighted by molar-refractivity contribution is 5.90. The topological polar surface area (TPSA) is 52.6 Å².